The van der Waals surface area contributed by atoms with Crippen LogP contribution in [0, 0.1) is 5.41 Å². The van der Waals surface area contributed by atoms with Gasteiger partial charge in [0.25, 0.3) is 0 Å². The van der Waals surface area contributed by atoms with Gasteiger partial charge in [0.2, 0.25) is 0 Å². The van der Waals surface area contributed by atoms with E-state index in [-0.39, 0.29) is 17.1 Å². The molecule has 3 unspecified atom stereocenters. The van der Waals surface area contributed by atoms with Gasteiger partial charge in [0, 0.05) is 5.41 Å². The van der Waals surface area contributed by atoms with Crippen LogP contribution in [0.15, 0.2) is 11.6 Å². The van der Waals surface area contributed by atoms with E-state index in [1.807, 2.05) is 6.08 Å². The lowest BCUT2D eigenvalue weighted by atomic mass is 9.72. The number of hydrogen-bond donors (Lipinski definition) is 2. The molecule has 4 atom stereocenters. The second-order valence-corrected chi connectivity index (χ2v) is 6.63. The Labute approximate surface area is 103 Å². The van der Waals surface area contributed by atoms with E-state index in [4.69, 9.17) is 4.74 Å². The van der Waals surface area contributed by atoms with E-state index in [2.05, 4.69) is 27.7 Å². The van der Waals surface area contributed by atoms with Crippen molar-refractivity contribution in [3.63, 3.8) is 0 Å². The fourth-order valence-corrected chi connectivity index (χ4v) is 3.12. The van der Waals surface area contributed by atoms with Gasteiger partial charge in [0.1, 0.15) is 0 Å². The number of aliphatic hydroxyl groups excluding tert-OH is 2. The third-order valence-corrected chi connectivity index (χ3v) is 4.02. The standard InChI is InChI=1S/C14H24O3/c1-13(2,3)17-12-6-5-9-7-10(15)11(16)8-14(9,12)4/h7,10-12,15-16H,5-6,8H2,1-4H3/t10?,11?,12?,14-/m0/s1. The number of rotatable bonds is 1. The highest BCUT2D eigenvalue weighted by Gasteiger charge is 2.49. The van der Waals surface area contributed by atoms with Crippen molar-refractivity contribution in [3.05, 3.63) is 11.6 Å². The van der Waals surface area contributed by atoms with Gasteiger partial charge in [-0.2, -0.15) is 0 Å². The van der Waals surface area contributed by atoms with Crippen molar-refractivity contribution in [1.29, 1.82) is 0 Å². The van der Waals surface area contributed by atoms with Gasteiger partial charge in [-0.1, -0.05) is 18.6 Å². The monoisotopic (exact) mass is 240 g/mol. The van der Waals surface area contributed by atoms with Crippen LogP contribution in [0.5, 0.6) is 0 Å². The predicted octanol–water partition coefficient (Wildman–Crippen LogP) is 2.02. The van der Waals surface area contributed by atoms with Gasteiger partial charge in [0.15, 0.2) is 0 Å². The van der Waals surface area contributed by atoms with E-state index in [0.717, 1.165) is 12.8 Å². The molecule has 0 aromatic rings. The lowest BCUT2D eigenvalue weighted by Gasteiger charge is -2.41. The minimum Gasteiger partial charge on any atom is -0.390 e. The zero-order valence-electron chi connectivity index (χ0n) is 11.2. The molecule has 0 saturated heterocycles. The van der Waals surface area contributed by atoms with Gasteiger partial charge in [0.05, 0.1) is 23.9 Å². The van der Waals surface area contributed by atoms with E-state index < -0.39 is 12.2 Å². The van der Waals surface area contributed by atoms with E-state index in [0.29, 0.717) is 6.42 Å². The Hall–Kier alpha value is -0.380. The van der Waals surface area contributed by atoms with Crippen molar-refractivity contribution < 1.29 is 14.9 Å². The van der Waals surface area contributed by atoms with Crippen molar-refractivity contribution >= 4 is 0 Å². The molecule has 0 aromatic heterocycles. The van der Waals surface area contributed by atoms with Crippen LogP contribution in [0.1, 0.15) is 47.0 Å². The number of fused-ring (bicyclic) bond motifs is 1. The Kier molecular flexibility index (Phi) is 3.13. The molecule has 3 nitrogen and oxygen atoms in total. The van der Waals surface area contributed by atoms with Gasteiger partial charge in [-0.15, -0.1) is 0 Å². The zero-order chi connectivity index (χ0) is 12.8. The van der Waals surface area contributed by atoms with Crippen molar-refractivity contribution in [2.75, 3.05) is 0 Å². The molecule has 0 aliphatic heterocycles. The van der Waals surface area contributed by atoms with Crippen LogP contribution in [0.3, 0.4) is 0 Å². The quantitative estimate of drug-likeness (QED) is 0.689. The third kappa shape index (κ3) is 2.42. The topological polar surface area (TPSA) is 49.7 Å². The lowest BCUT2D eigenvalue weighted by Crippen LogP contribution is -2.44. The van der Waals surface area contributed by atoms with Crippen LogP contribution in [-0.2, 0) is 4.74 Å². The Morgan fingerprint density at radius 2 is 2.00 bits per heavy atom. The molecule has 3 heteroatoms. The van der Waals surface area contributed by atoms with E-state index >= 15 is 0 Å². The summed E-state index contributed by atoms with van der Waals surface area (Å²) in [6, 6.07) is 0. The lowest BCUT2D eigenvalue weighted by molar-refractivity contribution is -0.110. The summed E-state index contributed by atoms with van der Waals surface area (Å²) in [5.74, 6) is 0. The summed E-state index contributed by atoms with van der Waals surface area (Å²) in [7, 11) is 0. The van der Waals surface area contributed by atoms with Crippen LogP contribution >= 0.6 is 0 Å². The average molecular weight is 240 g/mol. The molecule has 0 radical (unpaired) electrons. The fraction of sp³-hybridized carbons (Fsp3) is 0.857. The van der Waals surface area contributed by atoms with Crippen molar-refractivity contribution in [1.82, 2.24) is 0 Å². The summed E-state index contributed by atoms with van der Waals surface area (Å²) in [4.78, 5) is 0. The van der Waals surface area contributed by atoms with Gasteiger partial charge in [-0.3, -0.25) is 0 Å². The first-order chi connectivity index (χ1) is 7.72. The van der Waals surface area contributed by atoms with Gasteiger partial charge < -0.3 is 14.9 Å². The molecule has 1 fully saturated rings. The first-order valence-electron chi connectivity index (χ1n) is 6.47. The second-order valence-electron chi connectivity index (χ2n) is 6.63. The summed E-state index contributed by atoms with van der Waals surface area (Å²) in [5, 5.41) is 19.5. The molecule has 1 saturated carbocycles. The summed E-state index contributed by atoms with van der Waals surface area (Å²) >= 11 is 0. The first kappa shape index (κ1) is 13.1. The highest BCUT2D eigenvalue weighted by atomic mass is 16.5. The minimum absolute atomic E-state index is 0.105. The molecule has 98 valence electrons. The van der Waals surface area contributed by atoms with Crippen LogP contribution in [0.25, 0.3) is 0 Å². The van der Waals surface area contributed by atoms with Crippen molar-refractivity contribution in [3.8, 4) is 0 Å². The molecule has 2 aliphatic rings. The van der Waals surface area contributed by atoms with Crippen LogP contribution < -0.4 is 0 Å². The van der Waals surface area contributed by atoms with E-state index in [1.165, 1.54) is 5.57 Å². The maximum atomic E-state index is 9.86. The molecule has 2 aliphatic carbocycles. The smallest absolute Gasteiger partial charge is 0.0983 e. The van der Waals surface area contributed by atoms with Gasteiger partial charge in [-0.25, -0.2) is 0 Å². The summed E-state index contributed by atoms with van der Waals surface area (Å²) < 4.78 is 6.12. The first-order valence-corrected chi connectivity index (χ1v) is 6.47. The maximum absolute atomic E-state index is 9.86. The van der Waals surface area contributed by atoms with E-state index in [1.54, 1.807) is 0 Å². The summed E-state index contributed by atoms with van der Waals surface area (Å²) in [6.07, 6.45) is 3.18. The van der Waals surface area contributed by atoms with Crippen molar-refractivity contribution in [2.24, 2.45) is 5.41 Å². The molecule has 0 bridgehead atoms. The normalized spacial score (nSPS) is 42.2. The molecular weight excluding hydrogens is 216 g/mol. The number of hydrogen-bond acceptors (Lipinski definition) is 3. The Balaban J connectivity index is 2.22. The molecule has 17 heavy (non-hydrogen) atoms. The average Bonchev–Trinajstić information content (AvgIpc) is 2.43. The highest BCUT2D eigenvalue weighted by Crippen LogP contribution is 2.51. The zero-order valence-corrected chi connectivity index (χ0v) is 11.2. The summed E-state index contributed by atoms with van der Waals surface area (Å²) in [5.41, 5.74) is 0.986. The highest BCUT2D eigenvalue weighted by molar-refractivity contribution is 5.27. The predicted molar refractivity (Wildman–Crippen MR) is 66.7 cm³/mol. The molecule has 0 amide bonds. The Bertz CT molecular complexity index is 329. The Morgan fingerprint density at radius 3 is 2.59 bits per heavy atom. The SMILES string of the molecule is CC(C)(C)OC1CCC2=CC(O)C(O)C[C@@]21C. The second kappa shape index (κ2) is 4.08. The molecule has 0 spiro atoms. The largest absolute Gasteiger partial charge is 0.390 e. The molecular formula is C14H24O3. The van der Waals surface area contributed by atoms with Crippen LogP contribution in [0.4, 0.5) is 0 Å². The van der Waals surface area contributed by atoms with Crippen molar-refractivity contribution in [2.45, 2.75) is 70.9 Å². The third-order valence-electron chi connectivity index (χ3n) is 4.02. The maximum Gasteiger partial charge on any atom is 0.0983 e. The summed E-state index contributed by atoms with van der Waals surface area (Å²) in [6.45, 7) is 8.34. The number of ether oxygens (including phenoxy) is 1. The van der Waals surface area contributed by atoms with E-state index in [9.17, 15) is 10.2 Å². The van der Waals surface area contributed by atoms with Crippen LogP contribution in [0.2, 0.25) is 0 Å². The molecule has 0 aromatic carbocycles. The van der Waals surface area contributed by atoms with Gasteiger partial charge in [-0.05, 0) is 40.0 Å². The molecule has 2 rings (SSSR count). The minimum atomic E-state index is -0.702. The number of aliphatic hydroxyl groups is 2. The molecule has 2 N–H and O–H groups in total. The fourth-order valence-electron chi connectivity index (χ4n) is 3.12. The van der Waals surface area contributed by atoms with Crippen LogP contribution in [-0.4, -0.2) is 34.1 Å². The Morgan fingerprint density at radius 1 is 1.35 bits per heavy atom. The molecule has 0 heterocycles. The van der Waals surface area contributed by atoms with Gasteiger partial charge >= 0.3 is 0 Å².